The monoisotopic (exact) mass is 392 g/mol. The second-order valence-electron chi connectivity index (χ2n) is 8.28. The molecular weight excluding hydrogens is 364 g/mol. The standard InChI is InChI=1S/C24H28N2O3/c1-16-11-17(2)21-13-19(23(27)25-22(21)12-16)14-26(15-20-9-6-10-29-20)24(28)18-7-4-3-5-8-18/h6,9-13,18H,3-5,7-8,14-15H2,1-2H3,(H,25,27). The largest absolute Gasteiger partial charge is 0.467 e. The number of aryl methyl sites for hydroxylation is 2. The number of furan rings is 1. The Kier molecular flexibility index (Phi) is 5.56. The quantitative estimate of drug-likeness (QED) is 0.675. The lowest BCUT2D eigenvalue weighted by atomic mass is 9.88. The number of aromatic nitrogens is 1. The van der Waals surface area contributed by atoms with Gasteiger partial charge in [-0.15, -0.1) is 0 Å². The number of pyridine rings is 1. The Hall–Kier alpha value is -2.82. The number of carbonyl (C=O) groups excluding carboxylic acids is 1. The van der Waals surface area contributed by atoms with Crippen LogP contribution in [0.4, 0.5) is 0 Å². The number of nitrogens with zero attached hydrogens (tertiary/aromatic N) is 1. The predicted molar refractivity (Wildman–Crippen MR) is 114 cm³/mol. The van der Waals surface area contributed by atoms with Gasteiger partial charge in [-0.2, -0.15) is 0 Å². The fourth-order valence-electron chi connectivity index (χ4n) is 4.45. The third kappa shape index (κ3) is 4.29. The van der Waals surface area contributed by atoms with E-state index in [-0.39, 0.29) is 23.9 Å². The van der Waals surface area contributed by atoms with E-state index in [1.807, 2.05) is 38.1 Å². The number of aromatic amines is 1. The number of carbonyl (C=O) groups is 1. The van der Waals surface area contributed by atoms with Crippen LogP contribution < -0.4 is 5.56 Å². The smallest absolute Gasteiger partial charge is 0.253 e. The van der Waals surface area contributed by atoms with Crippen molar-refractivity contribution in [3.8, 4) is 0 Å². The van der Waals surface area contributed by atoms with E-state index in [1.54, 1.807) is 11.2 Å². The molecule has 0 radical (unpaired) electrons. The third-order valence-electron chi connectivity index (χ3n) is 5.94. The molecule has 1 saturated carbocycles. The molecule has 0 saturated heterocycles. The molecule has 3 aromatic rings. The zero-order chi connectivity index (χ0) is 20.4. The van der Waals surface area contributed by atoms with Gasteiger partial charge in [-0.05, 0) is 62.1 Å². The molecule has 0 bridgehead atoms. The van der Waals surface area contributed by atoms with Crippen LogP contribution in [-0.2, 0) is 17.9 Å². The molecule has 1 fully saturated rings. The van der Waals surface area contributed by atoms with Crippen LogP contribution in [-0.4, -0.2) is 15.8 Å². The summed E-state index contributed by atoms with van der Waals surface area (Å²) < 4.78 is 5.49. The Morgan fingerprint density at radius 3 is 2.66 bits per heavy atom. The van der Waals surface area contributed by atoms with Gasteiger partial charge < -0.3 is 14.3 Å². The summed E-state index contributed by atoms with van der Waals surface area (Å²) in [5, 5.41) is 1.02. The van der Waals surface area contributed by atoms with E-state index >= 15 is 0 Å². The first kappa shape index (κ1) is 19.5. The lowest BCUT2D eigenvalue weighted by molar-refractivity contribution is -0.138. The fraction of sp³-hybridized carbons (Fsp3) is 0.417. The highest BCUT2D eigenvalue weighted by Gasteiger charge is 2.27. The molecule has 1 N–H and O–H groups in total. The molecule has 2 aromatic heterocycles. The first-order valence-electron chi connectivity index (χ1n) is 10.5. The van der Waals surface area contributed by atoms with Crippen LogP contribution in [0.5, 0.6) is 0 Å². The summed E-state index contributed by atoms with van der Waals surface area (Å²) >= 11 is 0. The van der Waals surface area contributed by atoms with Crippen molar-refractivity contribution in [1.82, 2.24) is 9.88 Å². The number of rotatable bonds is 5. The Bertz CT molecular complexity index is 1060. The highest BCUT2D eigenvalue weighted by Crippen LogP contribution is 2.27. The Labute approximate surface area is 170 Å². The zero-order valence-electron chi connectivity index (χ0n) is 17.2. The normalized spacial score (nSPS) is 15.0. The molecule has 1 aliphatic rings. The van der Waals surface area contributed by atoms with E-state index in [1.165, 1.54) is 6.42 Å². The molecule has 0 aliphatic heterocycles. The van der Waals surface area contributed by atoms with Gasteiger partial charge in [0.2, 0.25) is 5.91 Å². The van der Waals surface area contributed by atoms with Gasteiger partial charge in [-0.3, -0.25) is 9.59 Å². The minimum Gasteiger partial charge on any atom is -0.467 e. The van der Waals surface area contributed by atoms with E-state index in [9.17, 15) is 9.59 Å². The van der Waals surface area contributed by atoms with Gasteiger partial charge in [0.25, 0.3) is 5.56 Å². The van der Waals surface area contributed by atoms with Crippen molar-refractivity contribution < 1.29 is 9.21 Å². The van der Waals surface area contributed by atoms with E-state index in [4.69, 9.17) is 4.42 Å². The van der Waals surface area contributed by atoms with E-state index in [0.717, 1.165) is 53.5 Å². The molecule has 0 spiro atoms. The molecule has 5 nitrogen and oxygen atoms in total. The molecule has 29 heavy (non-hydrogen) atoms. The molecule has 0 unspecified atom stereocenters. The highest BCUT2D eigenvalue weighted by atomic mass is 16.3. The molecule has 5 heteroatoms. The van der Waals surface area contributed by atoms with Gasteiger partial charge in [0.05, 0.1) is 19.4 Å². The van der Waals surface area contributed by atoms with Crippen molar-refractivity contribution in [2.45, 2.75) is 59.0 Å². The molecule has 152 valence electrons. The van der Waals surface area contributed by atoms with Gasteiger partial charge >= 0.3 is 0 Å². The lowest BCUT2D eigenvalue weighted by Crippen LogP contribution is -2.37. The summed E-state index contributed by atoms with van der Waals surface area (Å²) in [6.45, 7) is 4.74. The van der Waals surface area contributed by atoms with Crippen LogP contribution in [0.1, 0.15) is 54.6 Å². The molecule has 0 atom stereocenters. The van der Waals surface area contributed by atoms with Gasteiger partial charge in [0.1, 0.15) is 5.76 Å². The van der Waals surface area contributed by atoms with Crippen LogP contribution in [0.3, 0.4) is 0 Å². The maximum absolute atomic E-state index is 13.3. The maximum atomic E-state index is 13.3. The maximum Gasteiger partial charge on any atom is 0.253 e. The fourth-order valence-corrected chi connectivity index (χ4v) is 4.45. The number of amides is 1. The van der Waals surface area contributed by atoms with Crippen LogP contribution in [0.2, 0.25) is 0 Å². The number of hydrogen-bond donors (Lipinski definition) is 1. The van der Waals surface area contributed by atoms with E-state index < -0.39 is 0 Å². The average molecular weight is 392 g/mol. The SMILES string of the molecule is Cc1cc(C)c2cc(CN(Cc3ccco3)C(=O)C3CCCCC3)c(=O)[nH]c2c1. The second kappa shape index (κ2) is 8.27. The van der Waals surface area contributed by atoms with Crippen LogP contribution in [0.25, 0.3) is 10.9 Å². The minimum atomic E-state index is -0.136. The first-order valence-corrected chi connectivity index (χ1v) is 10.5. The van der Waals surface area contributed by atoms with Gasteiger partial charge in [0.15, 0.2) is 0 Å². The van der Waals surface area contributed by atoms with Crippen molar-refractivity contribution in [3.05, 3.63) is 69.4 Å². The number of hydrogen-bond acceptors (Lipinski definition) is 3. The van der Waals surface area contributed by atoms with Crippen LogP contribution in [0, 0.1) is 19.8 Å². The number of H-pyrrole nitrogens is 1. The summed E-state index contributed by atoms with van der Waals surface area (Å²) in [4.78, 5) is 30.9. The topological polar surface area (TPSA) is 66.3 Å². The Morgan fingerprint density at radius 1 is 1.14 bits per heavy atom. The lowest BCUT2D eigenvalue weighted by Gasteiger charge is -2.29. The summed E-state index contributed by atoms with van der Waals surface area (Å²) in [6, 6.07) is 9.73. The number of benzene rings is 1. The first-order chi connectivity index (χ1) is 14.0. The number of nitrogens with one attached hydrogen (secondary N) is 1. The molecular formula is C24H28N2O3. The van der Waals surface area contributed by atoms with Gasteiger partial charge in [-0.25, -0.2) is 0 Å². The summed E-state index contributed by atoms with van der Waals surface area (Å²) in [5.41, 5.74) is 3.55. The van der Waals surface area contributed by atoms with E-state index in [0.29, 0.717) is 12.1 Å². The second-order valence-corrected chi connectivity index (χ2v) is 8.28. The predicted octanol–water partition coefficient (Wildman–Crippen LogP) is 4.85. The Balaban J connectivity index is 1.67. The summed E-state index contributed by atoms with van der Waals surface area (Å²) in [7, 11) is 0. The van der Waals surface area contributed by atoms with Crippen molar-refractivity contribution in [2.75, 3.05) is 0 Å². The zero-order valence-corrected chi connectivity index (χ0v) is 17.2. The number of fused-ring (bicyclic) bond motifs is 1. The van der Waals surface area contributed by atoms with Gasteiger partial charge in [0, 0.05) is 22.4 Å². The van der Waals surface area contributed by atoms with Crippen molar-refractivity contribution in [1.29, 1.82) is 0 Å². The van der Waals surface area contributed by atoms with Crippen molar-refractivity contribution in [3.63, 3.8) is 0 Å². The molecule has 1 amide bonds. The average Bonchev–Trinajstić information content (AvgIpc) is 3.21. The van der Waals surface area contributed by atoms with E-state index in [2.05, 4.69) is 11.1 Å². The molecule has 4 rings (SSSR count). The Morgan fingerprint density at radius 2 is 1.93 bits per heavy atom. The summed E-state index contributed by atoms with van der Waals surface area (Å²) in [6.07, 6.45) is 6.87. The van der Waals surface area contributed by atoms with Crippen LogP contribution >= 0.6 is 0 Å². The van der Waals surface area contributed by atoms with Crippen molar-refractivity contribution in [2.24, 2.45) is 5.92 Å². The molecule has 2 heterocycles. The summed E-state index contributed by atoms with van der Waals surface area (Å²) in [5.74, 6) is 0.905. The minimum absolute atomic E-state index is 0.0441. The van der Waals surface area contributed by atoms with Gasteiger partial charge in [-0.1, -0.05) is 25.3 Å². The molecule has 1 aromatic carbocycles. The van der Waals surface area contributed by atoms with Crippen LogP contribution in [0.15, 0.2) is 45.8 Å². The highest BCUT2D eigenvalue weighted by molar-refractivity contribution is 5.83. The third-order valence-corrected chi connectivity index (χ3v) is 5.94. The molecule has 1 aliphatic carbocycles. The van der Waals surface area contributed by atoms with Crippen molar-refractivity contribution >= 4 is 16.8 Å².